The third-order valence-corrected chi connectivity index (χ3v) is 6.44. The van der Waals surface area contributed by atoms with E-state index in [0.29, 0.717) is 38.7 Å². The van der Waals surface area contributed by atoms with Crippen LogP contribution >= 0.6 is 23.2 Å². The highest BCUT2D eigenvalue weighted by atomic mass is 35.5. The van der Waals surface area contributed by atoms with Crippen LogP contribution in [0.4, 0.5) is 0 Å². The minimum atomic E-state index is -0.582. The Balaban J connectivity index is 2.40. The summed E-state index contributed by atoms with van der Waals surface area (Å²) in [5.41, 5.74) is 0.493. The highest BCUT2D eigenvalue weighted by Gasteiger charge is 2.49. The fraction of sp³-hybridized carbons (Fsp3) is 0.846. The quantitative estimate of drug-likeness (QED) is 0.196. The lowest BCUT2D eigenvalue weighted by atomic mass is 9.92. The molecule has 9 heteroatoms. The van der Waals surface area contributed by atoms with Gasteiger partial charge >= 0.3 is 0 Å². The van der Waals surface area contributed by atoms with Crippen molar-refractivity contribution in [1.29, 1.82) is 0 Å². The highest BCUT2D eigenvalue weighted by molar-refractivity contribution is 6.32. The lowest BCUT2D eigenvalue weighted by Gasteiger charge is -2.46. The fourth-order valence-corrected chi connectivity index (χ4v) is 4.35. The molecule has 3 unspecified atom stereocenters. The van der Waals surface area contributed by atoms with Gasteiger partial charge in [-0.25, -0.2) is 4.98 Å². The van der Waals surface area contributed by atoms with E-state index in [1.54, 1.807) is 0 Å². The average molecular weight is 536 g/mol. The van der Waals surface area contributed by atoms with E-state index >= 15 is 0 Å². The molecule has 2 rings (SSSR count). The molecule has 0 bridgehead atoms. The van der Waals surface area contributed by atoms with Gasteiger partial charge in [0, 0.05) is 26.4 Å². The molecule has 0 spiro atoms. The molecule has 7 nitrogen and oxygen atoms in total. The Bertz CT molecular complexity index is 700. The Labute approximate surface area is 221 Å². The van der Waals surface area contributed by atoms with Gasteiger partial charge in [-0.1, -0.05) is 76.6 Å². The summed E-state index contributed by atoms with van der Waals surface area (Å²) in [6, 6.07) is 0. The second-order valence-corrected chi connectivity index (χ2v) is 9.70. The topological polar surface area (TPSA) is 71.9 Å². The fourth-order valence-electron chi connectivity index (χ4n) is 3.93. The predicted molar refractivity (Wildman–Crippen MR) is 139 cm³/mol. The zero-order valence-electron chi connectivity index (χ0n) is 21.8. The Hall–Kier alpha value is -0.540. The van der Waals surface area contributed by atoms with E-state index in [2.05, 4.69) is 37.7 Å². The summed E-state index contributed by atoms with van der Waals surface area (Å²) in [4.78, 5) is 8.69. The van der Waals surface area contributed by atoms with Crippen molar-refractivity contribution >= 4 is 23.2 Å². The normalized spacial score (nSPS) is 24.7. The Morgan fingerprint density at radius 3 is 1.89 bits per heavy atom. The van der Waals surface area contributed by atoms with Crippen molar-refractivity contribution in [1.82, 2.24) is 9.97 Å². The molecule has 202 valence electrons. The van der Waals surface area contributed by atoms with Gasteiger partial charge in [-0.05, 0) is 25.7 Å². The van der Waals surface area contributed by atoms with Gasteiger partial charge in [0.15, 0.2) is 5.15 Å². The predicted octanol–water partition coefficient (Wildman–Crippen LogP) is 6.60. The summed E-state index contributed by atoms with van der Waals surface area (Å²) in [6.07, 6.45) is 7.39. The van der Waals surface area contributed by atoms with Crippen LogP contribution in [-0.4, -0.2) is 67.4 Å². The van der Waals surface area contributed by atoms with Crippen molar-refractivity contribution in [3.05, 3.63) is 22.2 Å². The zero-order valence-corrected chi connectivity index (χ0v) is 23.4. The van der Waals surface area contributed by atoms with Gasteiger partial charge < -0.3 is 23.7 Å². The molecule has 2 heterocycles. The molecule has 5 atom stereocenters. The summed E-state index contributed by atoms with van der Waals surface area (Å²) in [7, 11) is 0. The number of hydrogen-bond donors (Lipinski definition) is 0. The van der Waals surface area contributed by atoms with Crippen LogP contribution in [0.1, 0.15) is 90.9 Å². The summed E-state index contributed by atoms with van der Waals surface area (Å²) in [6.45, 7) is 11.4. The van der Waals surface area contributed by atoms with Crippen LogP contribution in [0.5, 0.6) is 0 Å². The maximum atomic E-state index is 6.61. The minimum Gasteiger partial charge on any atom is -0.379 e. The highest BCUT2D eigenvalue weighted by Crippen LogP contribution is 2.39. The molecule has 1 aliphatic heterocycles. The van der Waals surface area contributed by atoms with E-state index in [1.807, 2.05) is 0 Å². The van der Waals surface area contributed by atoms with Crippen molar-refractivity contribution in [2.45, 2.75) is 110 Å². The largest absolute Gasteiger partial charge is 0.379 e. The SMILES string of the molecule is CCCCOCC1OC(c2ncc(Cl)nc2Cl)[C@H](OCCCC)C(OCCCC)[C@@H]1OCCCC. The molecule has 1 aromatic heterocycles. The first-order valence-electron chi connectivity index (χ1n) is 13.3. The molecule has 1 aliphatic rings. The lowest BCUT2D eigenvalue weighted by molar-refractivity contribution is -0.269. The second kappa shape index (κ2) is 17.8. The Kier molecular flexibility index (Phi) is 15.6. The summed E-state index contributed by atoms with van der Waals surface area (Å²) < 4.78 is 31.9. The van der Waals surface area contributed by atoms with Gasteiger partial charge in [0.05, 0.1) is 12.8 Å². The summed E-state index contributed by atoms with van der Waals surface area (Å²) >= 11 is 12.5. The second-order valence-electron chi connectivity index (χ2n) is 8.96. The van der Waals surface area contributed by atoms with Gasteiger partial charge in [0.2, 0.25) is 0 Å². The molecule has 0 amide bonds. The number of nitrogens with zero attached hydrogens (tertiary/aromatic N) is 2. The molecule has 1 aromatic rings. The zero-order chi connectivity index (χ0) is 25.5. The third-order valence-electron chi connectivity index (χ3n) is 5.98. The maximum absolute atomic E-state index is 6.61. The van der Waals surface area contributed by atoms with Crippen molar-refractivity contribution in [3.63, 3.8) is 0 Å². The van der Waals surface area contributed by atoms with E-state index in [9.17, 15) is 0 Å². The van der Waals surface area contributed by atoms with Crippen molar-refractivity contribution in [2.75, 3.05) is 33.0 Å². The number of halogens is 2. The molecule has 0 aliphatic carbocycles. The molecular weight excluding hydrogens is 491 g/mol. The van der Waals surface area contributed by atoms with Crippen LogP contribution in [0.2, 0.25) is 10.3 Å². The standard InChI is InChI=1S/C26H44Cl2N2O5/c1-5-9-13-31-18-19-22(32-14-10-6-2)24(33-15-11-7-3)25(34-16-12-8-4)23(35-19)21-26(28)30-20(27)17-29-21/h17,19,22-25H,5-16,18H2,1-4H3/t19?,22-,23?,24?,25+/m1/s1. The number of unbranched alkanes of at least 4 members (excludes halogenated alkanes) is 4. The van der Waals surface area contributed by atoms with Crippen molar-refractivity contribution in [2.24, 2.45) is 0 Å². The molecule has 0 N–H and O–H groups in total. The first-order valence-corrected chi connectivity index (χ1v) is 14.1. The molecule has 1 fully saturated rings. The van der Waals surface area contributed by atoms with Crippen LogP contribution in [-0.2, 0) is 23.7 Å². The van der Waals surface area contributed by atoms with Crippen LogP contribution in [0.3, 0.4) is 0 Å². The summed E-state index contributed by atoms with van der Waals surface area (Å²) in [5, 5.41) is 0.434. The molecule has 1 saturated heterocycles. The van der Waals surface area contributed by atoms with Gasteiger partial charge in [-0.15, -0.1) is 0 Å². The van der Waals surface area contributed by atoms with E-state index < -0.39 is 12.2 Å². The van der Waals surface area contributed by atoms with E-state index in [4.69, 9.17) is 46.9 Å². The van der Waals surface area contributed by atoms with Crippen LogP contribution in [0, 0.1) is 0 Å². The van der Waals surface area contributed by atoms with E-state index in [1.165, 1.54) is 6.20 Å². The smallest absolute Gasteiger partial charge is 0.155 e. The van der Waals surface area contributed by atoms with Crippen LogP contribution in [0.25, 0.3) is 0 Å². The van der Waals surface area contributed by atoms with Crippen molar-refractivity contribution < 1.29 is 23.7 Å². The number of aromatic nitrogens is 2. The molecular formula is C26H44Cl2N2O5. The lowest BCUT2D eigenvalue weighted by Crippen LogP contribution is -2.58. The maximum Gasteiger partial charge on any atom is 0.155 e. The van der Waals surface area contributed by atoms with Gasteiger partial charge in [-0.3, -0.25) is 4.98 Å². The molecule has 0 saturated carbocycles. The Morgan fingerprint density at radius 1 is 0.771 bits per heavy atom. The van der Waals surface area contributed by atoms with E-state index in [-0.39, 0.29) is 28.6 Å². The van der Waals surface area contributed by atoms with Gasteiger partial charge in [-0.2, -0.15) is 0 Å². The van der Waals surface area contributed by atoms with Crippen molar-refractivity contribution in [3.8, 4) is 0 Å². The number of ether oxygens (including phenoxy) is 5. The van der Waals surface area contributed by atoms with E-state index in [0.717, 1.165) is 51.4 Å². The van der Waals surface area contributed by atoms with Crippen LogP contribution in [0.15, 0.2) is 6.20 Å². The number of rotatable bonds is 18. The minimum absolute atomic E-state index is 0.204. The number of hydrogen-bond acceptors (Lipinski definition) is 7. The monoisotopic (exact) mass is 534 g/mol. The first-order chi connectivity index (χ1) is 17.1. The molecule has 0 radical (unpaired) electrons. The first kappa shape index (κ1) is 30.7. The Morgan fingerprint density at radius 2 is 1.31 bits per heavy atom. The summed E-state index contributed by atoms with van der Waals surface area (Å²) in [5.74, 6) is 0. The van der Waals surface area contributed by atoms with Gasteiger partial charge in [0.25, 0.3) is 0 Å². The third kappa shape index (κ3) is 10.0. The molecule has 0 aromatic carbocycles. The average Bonchev–Trinajstić information content (AvgIpc) is 2.84. The van der Waals surface area contributed by atoms with Crippen LogP contribution < -0.4 is 0 Å². The van der Waals surface area contributed by atoms with Gasteiger partial charge in [0.1, 0.15) is 41.4 Å². The molecule has 35 heavy (non-hydrogen) atoms.